The van der Waals surface area contributed by atoms with E-state index in [-0.39, 0.29) is 0 Å². The number of para-hydroxylation sites is 5. The zero-order chi connectivity index (χ0) is 37.5. The van der Waals surface area contributed by atoms with Crippen LogP contribution in [0.4, 0.5) is 0 Å². The lowest BCUT2D eigenvalue weighted by atomic mass is 9.97. The van der Waals surface area contributed by atoms with Gasteiger partial charge in [0.15, 0.2) is 5.82 Å². The average Bonchev–Trinajstić information content (AvgIpc) is 3.96. The molecule has 0 aliphatic rings. The molecule has 0 fully saturated rings. The predicted molar refractivity (Wildman–Crippen MR) is 233 cm³/mol. The highest BCUT2D eigenvalue weighted by atomic mass is 16.3. The van der Waals surface area contributed by atoms with Gasteiger partial charge in [0, 0.05) is 65.8 Å². The van der Waals surface area contributed by atoms with E-state index in [1.165, 1.54) is 16.3 Å². The van der Waals surface area contributed by atoms with Crippen molar-refractivity contribution < 1.29 is 8.83 Å². The van der Waals surface area contributed by atoms with E-state index in [0.29, 0.717) is 5.82 Å². The molecule has 0 aliphatic carbocycles. The van der Waals surface area contributed by atoms with Gasteiger partial charge in [0.1, 0.15) is 22.3 Å². The van der Waals surface area contributed by atoms with Crippen molar-refractivity contribution in [2.24, 2.45) is 0 Å². The zero-order valence-electron chi connectivity index (χ0n) is 30.6. The van der Waals surface area contributed by atoms with Crippen LogP contribution in [0.25, 0.3) is 116 Å². The predicted octanol–water partition coefficient (Wildman–Crippen LogP) is 14.0. The molecule has 0 bridgehead atoms. The topological polar surface area (TPSA) is 57.0 Å². The Labute approximate surface area is 326 Å². The van der Waals surface area contributed by atoms with Crippen LogP contribution in [-0.2, 0) is 0 Å². The lowest BCUT2D eigenvalue weighted by molar-refractivity contribution is 0.669. The van der Waals surface area contributed by atoms with Crippen LogP contribution in [0, 0.1) is 0 Å². The van der Waals surface area contributed by atoms with Gasteiger partial charge < -0.3 is 13.4 Å². The number of hydrogen-bond acceptors (Lipinski definition) is 4. The molecule has 0 aliphatic heterocycles. The SMILES string of the molecule is c1ccc(-c2cc(-c3cccc4oc5c(-c6cccc7c8ccccc8n(-c8ccccc8)c67)cccc5c34)nc(-c3ccc4c(c3)oc3ccccc34)n2)cc1. The van der Waals surface area contributed by atoms with Crippen molar-refractivity contribution >= 4 is 65.7 Å². The van der Waals surface area contributed by atoms with Crippen LogP contribution in [0.3, 0.4) is 0 Å². The van der Waals surface area contributed by atoms with Crippen molar-refractivity contribution in [2.45, 2.75) is 0 Å². The minimum Gasteiger partial charge on any atom is -0.456 e. The maximum atomic E-state index is 6.91. The monoisotopic (exact) mass is 729 g/mol. The minimum atomic E-state index is 0.625. The number of nitrogens with zero attached hydrogens (tertiary/aromatic N) is 3. The zero-order valence-corrected chi connectivity index (χ0v) is 30.6. The summed E-state index contributed by atoms with van der Waals surface area (Å²) in [6, 6.07) is 65.3. The fraction of sp³-hybridized carbons (Fsp3) is 0. The van der Waals surface area contributed by atoms with Gasteiger partial charge in [-0.05, 0) is 48.5 Å². The Morgan fingerprint density at radius 3 is 1.91 bits per heavy atom. The molecule has 0 amide bonds. The third-order valence-electron chi connectivity index (χ3n) is 11.2. The van der Waals surface area contributed by atoms with Crippen molar-refractivity contribution in [1.82, 2.24) is 14.5 Å². The van der Waals surface area contributed by atoms with Crippen LogP contribution in [-0.4, -0.2) is 14.5 Å². The third kappa shape index (κ3) is 4.89. The Morgan fingerprint density at radius 2 is 1.04 bits per heavy atom. The van der Waals surface area contributed by atoms with Gasteiger partial charge in [-0.2, -0.15) is 0 Å². The van der Waals surface area contributed by atoms with Crippen molar-refractivity contribution in [3.8, 4) is 50.7 Å². The van der Waals surface area contributed by atoms with Crippen molar-refractivity contribution in [1.29, 1.82) is 0 Å². The van der Waals surface area contributed by atoms with Gasteiger partial charge in [0.2, 0.25) is 0 Å². The number of hydrogen-bond donors (Lipinski definition) is 0. The first-order chi connectivity index (χ1) is 28.3. The lowest BCUT2D eigenvalue weighted by Crippen LogP contribution is -1.96. The van der Waals surface area contributed by atoms with E-state index in [9.17, 15) is 0 Å². The van der Waals surface area contributed by atoms with E-state index in [4.69, 9.17) is 18.8 Å². The molecule has 0 saturated carbocycles. The first-order valence-electron chi connectivity index (χ1n) is 19.2. The van der Waals surface area contributed by atoms with Gasteiger partial charge >= 0.3 is 0 Å². The van der Waals surface area contributed by atoms with Crippen LogP contribution in [0.2, 0.25) is 0 Å². The van der Waals surface area contributed by atoms with Crippen LogP contribution in [0.1, 0.15) is 0 Å². The summed E-state index contributed by atoms with van der Waals surface area (Å²) < 4.78 is 15.6. The quantitative estimate of drug-likeness (QED) is 0.177. The summed E-state index contributed by atoms with van der Waals surface area (Å²) in [6.07, 6.45) is 0. The summed E-state index contributed by atoms with van der Waals surface area (Å²) in [4.78, 5) is 10.4. The number of furan rings is 2. The summed E-state index contributed by atoms with van der Waals surface area (Å²) in [7, 11) is 0. The number of fused-ring (bicyclic) bond motifs is 9. The standard InChI is InChI=1S/C52H31N3O2/c1-3-14-32(15-4-1)43-31-44(54-52(53-43)33-28-29-37-36-19-8-10-26-46(36)56-48(37)30-33)41-23-13-27-47-49(41)42-24-12-22-40(51(42)57-47)39-21-11-20-38-35-18-7-9-25-45(35)55(50(38)39)34-16-5-2-6-17-34/h1-31H. The van der Waals surface area contributed by atoms with Gasteiger partial charge in [-0.3, -0.25) is 0 Å². The second-order valence-electron chi connectivity index (χ2n) is 14.5. The summed E-state index contributed by atoms with van der Waals surface area (Å²) in [5.74, 6) is 0.625. The fourth-order valence-corrected chi connectivity index (χ4v) is 8.69. The van der Waals surface area contributed by atoms with E-state index in [2.05, 4.69) is 156 Å². The molecule has 12 aromatic rings. The Morgan fingerprint density at radius 1 is 0.386 bits per heavy atom. The molecule has 57 heavy (non-hydrogen) atoms. The highest BCUT2D eigenvalue weighted by Gasteiger charge is 2.22. The Balaban J connectivity index is 1.09. The second kappa shape index (κ2) is 12.4. The summed E-state index contributed by atoms with van der Waals surface area (Å²) in [6.45, 7) is 0. The summed E-state index contributed by atoms with van der Waals surface area (Å²) in [5, 5.41) is 6.62. The molecule has 0 N–H and O–H groups in total. The average molecular weight is 730 g/mol. The van der Waals surface area contributed by atoms with E-state index >= 15 is 0 Å². The van der Waals surface area contributed by atoms with Gasteiger partial charge in [-0.1, -0.05) is 140 Å². The third-order valence-corrected chi connectivity index (χ3v) is 11.2. The molecule has 0 radical (unpaired) electrons. The fourth-order valence-electron chi connectivity index (χ4n) is 8.69. The molecular formula is C52H31N3O2. The molecule has 0 spiro atoms. The van der Waals surface area contributed by atoms with E-state index in [0.717, 1.165) is 94.3 Å². The van der Waals surface area contributed by atoms with Crippen molar-refractivity contribution in [2.75, 3.05) is 0 Å². The molecular weight excluding hydrogens is 699 g/mol. The molecule has 4 heterocycles. The van der Waals surface area contributed by atoms with Crippen molar-refractivity contribution in [3.05, 3.63) is 188 Å². The van der Waals surface area contributed by atoms with E-state index < -0.39 is 0 Å². The molecule has 0 unspecified atom stereocenters. The maximum Gasteiger partial charge on any atom is 0.160 e. The van der Waals surface area contributed by atoms with E-state index in [1.54, 1.807) is 0 Å². The highest BCUT2D eigenvalue weighted by Crippen LogP contribution is 2.44. The molecule has 4 aromatic heterocycles. The largest absolute Gasteiger partial charge is 0.456 e. The number of aromatic nitrogens is 3. The Hall–Kier alpha value is -7.76. The van der Waals surface area contributed by atoms with Crippen molar-refractivity contribution in [3.63, 3.8) is 0 Å². The van der Waals surface area contributed by atoms with Crippen LogP contribution in [0.5, 0.6) is 0 Å². The Kier molecular flexibility index (Phi) is 6.86. The molecule has 0 saturated heterocycles. The van der Waals surface area contributed by atoms with Crippen LogP contribution < -0.4 is 0 Å². The lowest BCUT2D eigenvalue weighted by Gasteiger charge is -2.12. The molecule has 5 nitrogen and oxygen atoms in total. The first-order valence-corrected chi connectivity index (χ1v) is 19.2. The number of benzene rings is 8. The van der Waals surface area contributed by atoms with Crippen LogP contribution >= 0.6 is 0 Å². The summed E-state index contributed by atoms with van der Waals surface area (Å²) >= 11 is 0. The highest BCUT2D eigenvalue weighted by molar-refractivity contribution is 6.19. The first kappa shape index (κ1) is 31.6. The summed E-state index contributed by atoms with van der Waals surface area (Å²) in [5.41, 5.74) is 13.4. The van der Waals surface area contributed by atoms with Gasteiger partial charge in [-0.25, -0.2) is 9.97 Å². The number of rotatable bonds is 5. The van der Waals surface area contributed by atoms with Crippen LogP contribution in [0.15, 0.2) is 197 Å². The Bertz CT molecular complexity index is 3520. The molecule has 266 valence electrons. The van der Waals surface area contributed by atoms with Gasteiger partial charge in [0.05, 0.1) is 22.4 Å². The molecule has 5 heteroatoms. The maximum absolute atomic E-state index is 6.91. The minimum absolute atomic E-state index is 0.625. The van der Waals surface area contributed by atoms with Gasteiger partial charge in [-0.15, -0.1) is 0 Å². The second-order valence-corrected chi connectivity index (χ2v) is 14.5. The molecule has 12 rings (SSSR count). The normalized spacial score (nSPS) is 11.9. The smallest absolute Gasteiger partial charge is 0.160 e. The van der Waals surface area contributed by atoms with E-state index in [1.807, 2.05) is 36.4 Å². The van der Waals surface area contributed by atoms with Gasteiger partial charge in [0.25, 0.3) is 0 Å². The molecule has 8 aromatic carbocycles. The molecule has 0 atom stereocenters.